The Kier molecular flexibility index (Phi) is 6.31. The predicted octanol–water partition coefficient (Wildman–Crippen LogP) is 4.25. The quantitative estimate of drug-likeness (QED) is 0.427. The number of hydrogen-bond donors (Lipinski definition) is 2. The van der Waals surface area contributed by atoms with Crippen molar-refractivity contribution in [2.45, 2.75) is 31.2 Å². The molecule has 2 aromatic heterocycles. The fraction of sp³-hybridized carbons (Fsp3) is 0.200. The third-order valence-electron chi connectivity index (χ3n) is 5.38. The number of aromatic nitrogens is 2. The number of rotatable bonds is 7. The van der Waals surface area contributed by atoms with E-state index in [0.29, 0.717) is 29.1 Å². The minimum atomic E-state index is -3.76. The zero-order valence-electron chi connectivity index (χ0n) is 18.5. The molecule has 0 saturated heterocycles. The number of benzene rings is 2. The molecule has 3 N–H and O–H groups in total. The third kappa shape index (κ3) is 4.67. The summed E-state index contributed by atoms with van der Waals surface area (Å²) < 4.78 is 27.4. The molecule has 1 amide bonds. The van der Waals surface area contributed by atoms with Gasteiger partial charge in [0.25, 0.3) is 10.0 Å². The van der Waals surface area contributed by atoms with E-state index in [1.807, 2.05) is 32.0 Å². The zero-order valence-corrected chi connectivity index (χ0v) is 19.3. The highest BCUT2D eigenvalue weighted by molar-refractivity contribution is 7.90. The van der Waals surface area contributed by atoms with Crippen molar-refractivity contribution in [2.24, 2.45) is 11.7 Å². The zero-order chi connectivity index (χ0) is 23.6. The molecule has 0 radical (unpaired) electrons. The molecule has 170 valence electrons. The summed E-state index contributed by atoms with van der Waals surface area (Å²) in [6.07, 6.45) is 3.73. The van der Waals surface area contributed by atoms with Crippen molar-refractivity contribution in [3.05, 3.63) is 79.1 Å². The number of amides is 1. The van der Waals surface area contributed by atoms with Crippen molar-refractivity contribution in [3.8, 4) is 11.1 Å². The van der Waals surface area contributed by atoms with E-state index in [4.69, 9.17) is 5.73 Å². The van der Waals surface area contributed by atoms with Crippen LogP contribution in [0.5, 0.6) is 0 Å². The first kappa shape index (κ1) is 22.7. The van der Waals surface area contributed by atoms with Gasteiger partial charge in [0.1, 0.15) is 0 Å². The van der Waals surface area contributed by atoms with E-state index in [1.165, 1.54) is 10.2 Å². The van der Waals surface area contributed by atoms with E-state index >= 15 is 0 Å². The number of anilines is 1. The molecule has 0 spiro atoms. The van der Waals surface area contributed by atoms with Crippen molar-refractivity contribution in [3.63, 3.8) is 0 Å². The fourth-order valence-corrected chi connectivity index (χ4v) is 5.07. The molecule has 0 fully saturated rings. The van der Waals surface area contributed by atoms with E-state index in [9.17, 15) is 13.2 Å². The van der Waals surface area contributed by atoms with E-state index < -0.39 is 16.1 Å². The van der Waals surface area contributed by atoms with Crippen molar-refractivity contribution in [1.29, 1.82) is 0 Å². The summed E-state index contributed by atoms with van der Waals surface area (Å²) in [6, 6.07) is 18.7. The van der Waals surface area contributed by atoms with E-state index in [2.05, 4.69) is 10.3 Å². The minimum absolute atomic E-state index is 0.200. The topological polar surface area (TPSA) is 107 Å². The van der Waals surface area contributed by atoms with Crippen LogP contribution in [0, 0.1) is 5.92 Å². The van der Waals surface area contributed by atoms with Gasteiger partial charge in [-0.3, -0.25) is 4.79 Å². The lowest BCUT2D eigenvalue weighted by Gasteiger charge is -2.14. The summed E-state index contributed by atoms with van der Waals surface area (Å²) >= 11 is 0. The van der Waals surface area contributed by atoms with Gasteiger partial charge in [0.15, 0.2) is 5.65 Å². The molecule has 1 atom stereocenters. The van der Waals surface area contributed by atoms with Crippen molar-refractivity contribution in [2.75, 3.05) is 5.32 Å². The SMILES string of the molecule is CC(C)C[C@@H](N)C(=O)Nc1ccc(-c2ccnc3c2ccn3S(=O)(=O)c2ccccc2)cc1. The highest BCUT2D eigenvalue weighted by atomic mass is 32.2. The average molecular weight is 463 g/mol. The number of fused-ring (bicyclic) bond motifs is 1. The van der Waals surface area contributed by atoms with Crippen LogP contribution in [0.3, 0.4) is 0 Å². The van der Waals surface area contributed by atoms with E-state index in [1.54, 1.807) is 54.7 Å². The maximum Gasteiger partial charge on any atom is 0.269 e. The molecule has 7 nitrogen and oxygen atoms in total. The van der Waals surface area contributed by atoms with Gasteiger partial charge in [0.2, 0.25) is 5.91 Å². The van der Waals surface area contributed by atoms with Crippen LogP contribution in [-0.4, -0.2) is 29.3 Å². The highest BCUT2D eigenvalue weighted by Gasteiger charge is 2.20. The average Bonchev–Trinajstić information content (AvgIpc) is 3.25. The van der Waals surface area contributed by atoms with Crippen LogP contribution < -0.4 is 11.1 Å². The van der Waals surface area contributed by atoms with Crippen LogP contribution in [0.1, 0.15) is 20.3 Å². The number of nitrogens with zero attached hydrogens (tertiary/aromatic N) is 2. The summed E-state index contributed by atoms with van der Waals surface area (Å²) in [5.41, 5.74) is 8.68. The van der Waals surface area contributed by atoms with Gasteiger partial charge in [-0.05, 0) is 59.9 Å². The molecule has 0 aliphatic rings. The Morgan fingerprint density at radius 3 is 2.39 bits per heavy atom. The maximum absolute atomic E-state index is 13.1. The van der Waals surface area contributed by atoms with Gasteiger partial charge in [0, 0.05) is 23.5 Å². The molecular weight excluding hydrogens is 436 g/mol. The van der Waals surface area contributed by atoms with Gasteiger partial charge >= 0.3 is 0 Å². The van der Waals surface area contributed by atoms with Gasteiger partial charge in [-0.25, -0.2) is 17.4 Å². The maximum atomic E-state index is 13.1. The van der Waals surface area contributed by atoms with Crippen molar-refractivity contribution < 1.29 is 13.2 Å². The van der Waals surface area contributed by atoms with Crippen molar-refractivity contribution in [1.82, 2.24) is 8.96 Å². The van der Waals surface area contributed by atoms with Crippen LogP contribution in [0.4, 0.5) is 5.69 Å². The fourth-order valence-electron chi connectivity index (χ4n) is 3.75. The molecule has 0 bridgehead atoms. The summed E-state index contributed by atoms with van der Waals surface area (Å²) in [5.74, 6) is 0.117. The lowest BCUT2D eigenvalue weighted by Crippen LogP contribution is -2.36. The first-order chi connectivity index (χ1) is 15.8. The van der Waals surface area contributed by atoms with E-state index in [0.717, 1.165) is 11.1 Å². The summed E-state index contributed by atoms with van der Waals surface area (Å²) in [7, 11) is -3.76. The molecule has 4 rings (SSSR count). The second kappa shape index (κ2) is 9.17. The standard InChI is InChI=1S/C25H26N4O3S/c1-17(2)16-23(26)25(30)28-19-10-8-18(9-11-19)21-12-14-27-24-22(21)13-15-29(24)33(31,32)20-6-4-3-5-7-20/h3-15,17,23H,16,26H2,1-2H3,(H,28,30)/t23-/m1/s1. The number of hydrogen-bond acceptors (Lipinski definition) is 5. The molecular formula is C25H26N4O3S. The molecule has 4 aromatic rings. The molecule has 0 aliphatic carbocycles. The van der Waals surface area contributed by atoms with Crippen LogP contribution in [0.15, 0.2) is 84.0 Å². The van der Waals surface area contributed by atoms with Gasteiger partial charge in [0.05, 0.1) is 10.9 Å². The smallest absolute Gasteiger partial charge is 0.269 e. The Balaban J connectivity index is 1.63. The number of nitrogens with one attached hydrogen (secondary N) is 1. The Hall–Kier alpha value is -3.49. The molecule has 0 aliphatic heterocycles. The largest absolute Gasteiger partial charge is 0.325 e. The molecule has 0 saturated carbocycles. The van der Waals surface area contributed by atoms with Crippen molar-refractivity contribution >= 4 is 32.7 Å². The third-order valence-corrected chi connectivity index (χ3v) is 7.06. The van der Waals surface area contributed by atoms with Crippen LogP contribution in [0.2, 0.25) is 0 Å². The second-order valence-corrected chi connectivity index (χ2v) is 10.1. The Labute approximate surface area is 193 Å². The van der Waals surface area contributed by atoms with E-state index in [-0.39, 0.29) is 10.8 Å². The van der Waals surface area contributed by atoms with Gasteiger partial charge < -0.3 is 11.1 Å². The Morgan fingerprint density at radius 2 is 1.73 bits per heavy atom. The van der Waals surface area contributed by atoms with Gasteiger partial charge in [-0.1, -0.05) is 44.2 Å². The monoisotopic (exact) mass is 462 g/mol. The molecule has 2 aromatic carbocycles. The van der Waals surface area contributed by atoms with Gasteiger partial charge in [-0.2, -0.15) is 0 Å². The molecule has 2 heterocycles. The first-order valence-corrected chi connectivity index (χ1v) is 12.1. The van der Waals surface area contributed by atoms with Crippen LogP contribution in [0.25, 0.3) is 22.2 Å². The lowest BCUT2D eigenvalue weighted by molar-refractivity contribution is -0.117. The predicted molar refractivity (Wildman–Crippen MR) is 130 cm³/mol. The lowest BCUT2D eigenvalue weighted by atomic mass is 10.0. The normalized spacial score (nSPS) is 12.7. The van der Waals surface area contributed by atoms with Crippen LogP contribution in [-0.2, 0) is 14.8 Å². The number of nitrogens with two attached hydrogens (primary N) is 1. The summed E-state index contributed by atoms with van der Waals surface area (Å²) in [6.45, 7) is 4.05. The number of carbonyl (C=O) groups excluding carboxylic acids is 1. The Bertz CT molecular complexity index is 1380. The second-order valence-electron chi connectivity index (χ2n) is 8.33. The summed E-state index contributed by atoms with van der Waals surface area (Å²) in [5, 5.41) is 3.56. The van der Waals surface area contributed by atoms with Gasteiger partial charge in [-0.15, -0.1) is 0 Å². The molecule has 33 heavy (non-hydrogen) atoms. The number of pyridine rings is 1. The minimum Gasteiger partial charge on any atom is -0.325 e. The summed E-state index contributed by atoms with van der Waals surface area (Å²) in [4.78, 5) is 16.8. The first-order valence-electron chi connectivity index (χ1n) is 10.7. The Morgan fingerprint density at radius 1 is 1.03 bits per heavy atom. The number of carbonyl (C=O) groups is 1. The molecule has 8 heteroatoms. The highest BCUT2D eigenvalue weighted by Crippen LogP contribution is 2.30. The van der Waals surface area contributed by atoms with Crippen LogP contribution >= 0.6 is 0 Å². The molecule has 0 unspecified atom stereocenters.